The Morgan fingerprint density at radius 1 is 1.33 bits per heavy atom. The van der Waals surface area contributed by atoms with E-state index >= 15 is 0 Å². The molecule has 1 atom stereocenters. The van der Waals surface area contributed by atoms with Crippen molar-refractivity contribution in [3.63, 3.8) is 0 Å². The number of alkyl halides is 2. The van der Waals surface area contributed by atoms with Gasteiger partial charge in [0.15, 0.2) is 0 Å². The van der Waals surface area contributed by atoms with Gasteiger partial charge in [-0.2, -0.15) is 17.0 Å². The van der Waals surface area contributed by atoms with Crippen LogP contribution in [0.1, 0.15) is 18.4 Å². The Morgan fingerprint density at radius 3 is 2.58 bits per heavy atom. The van der Waals surface area contributed by atoms with E-state index in [9.17, 15) is 22.0 Å². The molecule has 1 aliphatic heterocycles. The summed E-state index contributed by atoms with van der Waals surface area (Å²) in [5.41, 5.74) is 0.591. The maximum atomic E-state index is 12.9. The monoisotopic (exact) mass is 362 g/mol. The van der Waals surface area contributed by atoms with Crippen LogP contribution < -0.4 is 0 Å². The van der Waals surface area contributed by atoms with E-state index < -0.39 is 35.1 Å². The van der Waals surface area contributed by atoms with Crippen molar-refractivity contribution in [2.45, 2.75) is 25.8 Å². The highest BCUT2D eigenvalue weighted by Gasteiger charge is 2.36. The SMILES string of the molecule is O=C(O)C1CCCN(S(=O)(=O)N(Cc2ccccc2)CC(F)F)C1. The van der Waals surface area contributed by atoms with Gasteiger partial charge in [0.25, 0.3) is 16.6 Å². The summed E-state index contributed by atoms with van der Waals surface area (Å²) in [6, 6.07) is 8.46. The van der Waals surface area contributed by atoms with Gasteiger partial charge in [-0.05, 0) is 18.4 Å². The molecule has 9 heteroatoms. The van der Waals surface area contributed by atoms with E-state index in [2.05, 4.69) is 0 Å². The summed E-state index contributed by atoms with van der Waals surface area (Å²) in [6.07, 6.45) is -2.04. The lowest BCUT2D eigenvalue weighted by molar-refractivity contribution is -0.142. The zero-order valence-corrected chi connectivity index (χ0v) is 13.8. The van der Waals surface area contributed by atoms with Gasteiger partial charge >= 0.3 is 5.97 Å². The van der Waals surface area contributed by atoms with Crippen LogP contribution in [0, 0.1) is 5.92 Å². The van der Waals surface area contributed by atoms with Crippen LogP contribution in [0.4, 0.5) is 8.78 Å². The van der Waals surface area contributed by atoms with Gasteiger partial charge in [0.1, 0.15) is 0 Å². The molecule has 1 aromatic rings. The van der Waals surface area contributed by atoms with Crippen LogP contribution in [-0.4, -0.2) is 54.2 Å². The summed E-state index contributed by atoms with van der Waals surface area (Å²) >= 11 is 0. The van der Waals surface area contributed by atoms with Crippen molar-refractivity contribution in [1.29, 1.82) is 0 Å². The van der Waals surface area contributed by atoms with Crippen LogP contribution in [0.25, 0.3) is 0 Å². The van der Waals surface area contributed by atoms with Crippen molar-refractivity contribution in [2.24, 2.45) is 5.92 Å². The summed E-state index contributed by atoms with van der Waals surface area (Å²) in [7, 11) is -4.16. The smallest absolute Gasteiger partial charge is 0.307 e. The molecule has 0 radical (unpaired) electrons. The van der Waals surface area contributed by atoms with Crippen molar-refractivity contribution in [1.82, 2.24) is 8.61 Å². The largest absolute Gasteiger partial charge is 0.481 e. The minimum Gasteiger partial charge on any atom is -0.481 e. The van der Waals surface area contributed by atoms with Gasteiger partial charge in [0, 0.05) is 19.6 Å². The molecule has 24 heavy (non-hydrogen) atoms. The second-order valence-electron chi connectivity index (χ2n) is 5.71. The number of piperidine rings is 1. The molecule has 0 aliphatic carbocycles. The Morgan fingerprint density at radius 2 is 2.00 bits per heavy atom. The quantitative estimate of drug-likeness (QED) is 0.802. The number of carbonyl (C=O) groups is 1. The Labute approximate surface area is 139 Å². The van der Waals surface area contributed by atoms with Crippen molar-refractivity contribution in [3.8, 4) is 0 Å². The Kier molecular flexibility index (Phi) is 6.25. The van der Waals surface area contributed by atoms with Gasteiger partial charge in [0.05, 0.1) is 12.5 Å². The predicted molar refractivity (Wildman–Crippen MR) is 83.7 cm³/mol. The molecule has 1 unspecified atom stereocenters. The fourth-order valence-corrected chi connectivity index (χ4v) is 4.37. The van der Waals surface area contributed by atoms with Crippen molar-refractivity contribution >= 4 is 16.2 Å². The molecular formula is C15H20F2N2O4S. The molecule has 134 valence electrons. The maximum absolute atomic E-state index is 12.9. The molecule has 0 amide bonds. The Bertz CT molecular complexity index is 655. The molecule has 1 fully saturated rings. The number of carboxylic acids is 1. The number of hydrogen-bond acceptors (Lipinski definition) is 3. The van der Waals surface area contributed by atoms with Crippen LogP contribution >= 0.6 is 0 Å². The van der Waals surface area contributed by atoms with Crippen molar-refractivity contribution < 1.29 is 27.1 Å². The molecule has 1 saturated heterocycles. The van der Waals surface area contributed by atoms with E-state index in [0.717, 1.165) is 8.61 Å². The summed E-state index contributed by atoms with van der Waals surface area (Å²) in [5, 5.41) is 9.09. The zero-order chi connectivity index (χ0) is 17.7. The first-order valence-corrected chi connectivity index (χ1v) is 9.00. The average molecular weight is 362 g/mol. The molecule has 0 saturated carbocycles. The van der Waals surface area contributed by atoms with E-state index in [0.29, 0.717) is 18.4 Å². The highest BCUT2D eigenvalue weighted by Crippen LogP contribution is 2.23. The zero-order valence-electron chi connectivity index (χ0n) is 13.0. The Hall–Kier alpha value is -1.58. The van der Waals surface area contributed by atoms with Crippen LogP contribution in [0.5, 0.6) is 0 Å². The Balaban J connectivity index is 2.21. The molecule has 1 aromatic carbocycles. The first-order valence-electron chi connectivity index (χ1n) is 7.61. The lowest BCUT2D eigenvalue weighted by atomic mass is 10.0. The van der Waals surface area contributed by atoms with E-state index in [1.807, 2.05) is 0 Å². The number of aliphatic carboxylic acids is 1. The fourth-order valence-electron chi connectivity index (χ4n) is 2.70. The topological polar surface area (TPSA) is 77.9 Å². The normalized spacial score (nSPS) is 19.8. The van der Waals surface area contributed by atoms with Crippen molar-refractivity contribution in [3.05, 3.63) is 35.9 Å². The lowest BCUT2D eigenvalue weighted by Gasteiger charge is -2.34. The molecule has 0 spiro atoms. The molecule has 6 nitrogen and oxygen atoms in total. The van der Waals surface area contributed by atoms with E-state index in [-0.39, 0.29) is 19.6 Å². The third-order valence-electron chi connectivity index (χ3n) is 3.93. The standard InChI is InChI=1S/C15H20F2N2O4S/c16-14(17)11-19(9-12-5-2-1-3-6-12)24(22,23)18-8-4-7-13(10-18)15(20)21/h1-3,5-6,13-14H,4,7-11H2,(H,20,21). The highest BCUT2D eigenvalue weighted by atomic mass is 32.2. The number of rotatable bonds is 7. The summed E-state index contributed by atoms with van der Waals surface area (Å²) in [6.45, 7) is -1.15. The molecule has 0 aromatic heterocycles. The molecule has 2 rings (SSSR count). The van der Waals surface area contributed by atoms with Gasteiger partial charge < -0.3 is 5.11 Å². The minimum absolute atomic E-state index is 0.140. The van der Waals surface area contributed by atoms with Crippen molar-refractivity contribution in [2.75, 3.05) is 19.6 Å². The van der Waals surface area contributed by atoms with Gasteiger partial charge in [-0.25, -0.2) is 8.78 Å². The number of hydrogen-bond donors (Lipinski definition) is 1. The first-order chi connectivity index (χ1) is 11.3. The van der Waals surface area contributed by atoms with Gasteiger partial charge in [0.2, 0.25) is 0 Å². The van der Waals surface area contributed by atoms with Crippen LogP contribution in [0.3, 0.4) is 0 Å². The summed E-state index contributed by atoms with van der Waals surface area (Å²) < 4.78 is 52.9. The first kappa shape index (κ1) is 18.8. The number of benzene rings is 1. The lowest BCUT2D eigenvalue weighted by Crippen LogP contribution is -2.50. The summed E-state index contributed by atoms with van der Waals surface area (Å²) in [4.78, 5) is 11.1. The van der Waals surface area contributed by atoms with Gasteiger partial charge in [-0.3, -0.25) is 4.79 Å². The molecule has 0 bridgehead atoms. The molecule has 1 N–H and O–H groups in total. The third kappa shape index (κ3) is 4.71. The minimum atomic E-state index is -4.16. The van der Waals surface area contributed by atoms with E-state index in [4.69, 9.17) is 5.11 Å². The third-order valence-corrected chi connectivity index (χ3v) is 5.84. The number of carboxylic acid groups (broad SMARTS) is 1. The van der Waals surface area contributed by atoms with Crippen LogP contribution in [-0.2, 0) is 21.5 Å². The number of halogens is 2. The fraction of sp³-hybridized carbons (Fsp3) is 0.533. The van der Waals surface area contributed by atoms with E-state index in [1.165, 1.54) is 0 Å². The molecule has 1 heterocycles. The van der Waals surface area contributed by atoms with E-state index in [1.54, 1.807) is 30.3 Å². The van der Waals surface area contributed by atoms with Crippen LogP contribution in [0.15, 0.2) is 30.3 Å². The summed E-state index contributed by atoms with van der Waals surface area (Å²) in [5.74, 6) is -1.88. The second-order valence-corrected chi connectivity index (χ2v) is 7.64. The van der Waals surface area contributed by atoms with Gasteiger partial charge in [-0.1, -0.05) is 30.3 Å². The second kappa shape index (κ2) is 8.00. The van der Waals surface area contributed by atoms with Crippen LogP contribution in [0.2, 0.25) is 0 Å². The maximum Gasteiger partial charge on any atom is 0.307 e. The predicted octanol–water partition coefficient (Wildman–Crippen LogP) is 1.80. The highest BCUT2D eigenvalue weighted by molar-refractivity contribution is 7.86. The number of nitrogens with zero attached hydrogens (tertiary/aromatic N) is 2. The van der Waals surface area contributed by atoms with Gasteiger partial charge in [-0.15, -0.1) is 0 Å². The molecule has 1 aliphatic rings. The average Bonchev–Trinajstić information content (AvgIpc) is 2.55. The molecular weight excluding hydrogens is 342 g/mol.